The lowest BCUT2D eigenvalue weighted by Gasteiger charge is -2.18. The van der Waals surface area contributed by atoms with Gasteiger partial charge in [-0.3, -0.25) is 4.55 Å². The lowest BCUT2D eigenvalue weighted by atomic mass is 9.94. The summed E-state index contributed by atoms with van der Waals surface area (Å²) < 4.78 is 30.2. The summed E-state index contributed by atoms with van der Waals surface area (Å²) in [6.45, 7) is 6.91. The first-order valence-electron chi connectivity index (χ1n) is 7.10. The van der Waals surface area contributed by atoms with Crippen molar-refractivity contribution < 1.29 is 13.0 Å². The molecule has 1 aromatic rings. The Labute approximate surface area is 128 Å². The van der Waals surface area contributed by atoms with Crippen LogP contribution < -0.4 is 5.32 Å². The quantitative estimate of drug-likeness (QED) is 0.461. The van der Waals surface area contributed by atoms with E-state index in [9.17, 15) is 8.42 Å². The van der Waals surface area contributed by atoms with E-state index in [2.05, 4.69) is 38.2 Å². The SMILES string of the molecule is CC(C)(C)C=CC(NCCCS(=O)(=O)O)c1ccccc1. The molecule has 0 radical (unpaired) electrons. The number of hydrogen-bond acceptors (Lipinski definition) is 3. The van der Waals surface area contributed by atoms with Gasteiger partial charge >= 0.3 is 0 Å². The normalized spacial score (nSPS) is 14.5. The maximum atomic E-state index is 10.7. The molecule has 0 spiro atoms. The number of rotatable bonds is 7. The number of nitrogens with one attached hydrogen (secondary N) is 1. The highest BCUT2D eigenvalue weighted by Gasteiger charge is 2.11. The van der Waals surface area contributed by atoms with Gasteiger partial charge in [-0.1, -0.05) is 63.3 Å². The molecule has 0 bridgehead atoms. The first-order valence-corrected chi connectivity index (χ1v) is 8.71. The molecule has 118 valence electrons. The molecular weight excluding hydrogens is 286 g/mol. The molecule has 2 N–H and O–H groups in total. The minimum Gasteiger partial charge on any atom is -0.307 e. The highest BCUT2D eigenvalue weighted by Crippen LogP contribution is 2.20. The van der Waals surface area contributed by atoms with Crippen LogP contribution in [-0.4, -0.2) is 25.3 Å². The Kier molecular flexibility index (Phi) is 6.58. The highest BCUT2D eigenvalue weighted by atomic mass is 32.2. The van der Waals surface area contributed by atoms with E-state index in [1.54, 1.807) is 0 Å². The smallest absolute Gasteiger partial charge is 0.264 e. The van der Waals surface area contributed by atoms with E-state index in [4.69, 9.17) is 4.55 Å². The van der Waals surface area contributed by atoms with Crippen molar-refractivity contribution in [2.45, 2.75) is 33.2 Å². The van der Waals surface area contributed by atoms with E-state index in [0.29, 0.717) is 13.0 Å². The second-order valence-electron chi connectivity index (χ2n) is 6.21. The van der Waals surface area contributed by atoms with Gasteiger partial charge in [-0.25, -0.2) is 0 Å². The van der Waals surface area contributed by atoms with Gasteiger partial charge in [0.1, 0.15) is 0 Å². The predicted octanol–water partition coefficient (Wildman–Crippen LogP) is 3.20. The van der Waals surface area contributed by atoms with Crippen molar-refractivity contribution >= 4 is 10.1 Å². The van der Waals surface area contributed by atoms with E-state index in [1.807, 2.05) is 30.3 Å². The van der Waals surface area contributed by atoms with Crippen molar-refractivity contribution in [3.8, 4) is 0 Å². The zero-order valence-corrected chi connectivity index (χ0v) is 13.7. The number of allylic oxidation sites excluding steroid dienone is 1. The number of benzene rings is 1. The van der Waals surface area contributed by atoms with Gasteiger partial charge in [0.15, 0.2) is 0 Å². The molecule has 0 heterocycles. The first kappa shape index (κ1) is 17.9. The molecule has 0 saturated carbocycles. The summed E-state index contributed by atoms with van der Waals surface area (Å²) in [6, 6.07) is 10.0. The Bertz CT molecular complexity index is 545. The van der Waals surface area contributed by atoms with Crippen LogP contribution in [0.15, 0.2) is 42.5 Å². The zero-order chi connectivity index (χ0) is 15.9. The van der Waals surface area contributed by atoms with Crippen LogP contribution in [0.4, 0.5) is 0 Å². The summed E-state index contributed by atoms with van der Waals surface area (Å²) in [5.74, 6) is -0.218. The third-order valence-electron chi connectivity index (χ3n) is 2.89. The monoisotopic (exact) mass is 311 g/mol. The minimum absolute atomic E-state index is 0.0341. The molecule has 1 unspecified atom stereocenters. The zero-order valence-electron chi connectivity index (χ0n) is 12.9. The molecule has 1 rings (SSSR count). The van der Waals surface area contributed by atoms with E-state index < -0.39 is 10.1 Å². The largest absolute Gasteiger partial charge is 0.307 e. The minimum atomic E-state index is -3.88. The maximum absolute atomic E-state index is 10.7. The Morgan fingerprint density at radius 1 is 1.24 bits per heavy atom. The maximum Gasteiger partial charge on any atom is 0.264 e. The molecule has 1 aromatic carbocycles. The second kappa shape index (κ2) is 7.73. The van der Waals surface area contributed by atoms with Gasteiger partial charge in [0, 0.05) is 0 Å². The molecule has 0 aliphatic carbocycles. The molecule has 0 aliphatic heterocycles. The summed E-state index contributed by atoms with van der Waals surface area (Å²) >= 11 is 0. The van der Waals surface area contributed by atoms with Crippen molar-refractivity contribution in [2.75, 3.05) is 12.3 Å². The first-order chi connectivity index (χ1) is 9.67. The lowest BCUT2D eigenvalue weighted by molar-refractivity contribution is 0.478. The Hall–Kier alpha value is -1.17. The van der Waals surface area contributed by atoms with Crippen LogP contribution in [0.25, 0.3) is 0 Å². The predicted molar refractivity (Wildman–Crippen MR) is 86.8 cm³/mol. The molecule has 0 amide bonds. The van der Waals surface area contributed by atoms with Crippen molar-refractivity contribution in [3.63, 3.8) is 0 Å². The van der Waals surface area contributed by atoms with Gasteiger partial charge in [-0.05, 0) is 23.9 Å². The van der Waals surface area contributed by atoms with Crippen LogP contribution in [0.1, 0.15) is 38.8 Å². The molecule has 4 nitrogen and oxygen atoms in total. The molecule has 5 heteroatoms. The topological polar surface area (TPSA) is 66.4 Å². The Morgan fingerprint density at radius 3 is 2.38 bits per heavy atom. The molecule has 21 heavy (non-hydrogen) atoms. The fraction of sp³-hybridized carbons (Fsp3) is 0.500. The van der Waals surface area contributed by atoms with Crippen LogP contribution in [0.3, 0.4) is 0 Å². The standard InChI is InChI=1S/C16H25NO3S/c1-16(2,3)11-10-15(14-8-5-4-6-9-14)17-12-7-13-21(18,19)20/h4-6,8-11,15,17H,7,12-13H2,1-3H3,(H,18,19,20). The Balaban J connectivity index is 2.68. The van der Waals surface area contributed by atoms with Crippen molar-refractivity contribution in [2.24, 2.45) is 5.41 Å². The average Bonchev–Trinajstić information content (AvgIpc) is 2.36. The summed E-state index contributed by atoms with van der Waals surface area (Å²) in [7, 11) is -3.88. The molecule has 0 aromatic heterocycles. The van der Waals surface area contributed by atoms with Gasteiger partial charge in [-0.15, -0.1) is 0 Å². The highest BCUT2D eigenvalue weighted by molar-refractivity contribution is 7.85. The molecule has 0 saturated heterocycles. The van der Waals surface area contributed by atoms with Crippen molar-refractivity contribution in [1.82, 2.24) is 5.32 Å². The Morgan fingerprint density at radius 2 is 1.86 bits per heavy atom. The molecule has 0 aliphatic rings. The third-order valence-corrected chi connectivity index (χ3v) is 3.70. The summed E-state index contributed by atoms with van der Waals surface area (Å²) in [5.41, 5.74) is 1.22. The van der Waals surface area contributed by atoms with Crippen LogP contribution in [-0.2, 0) is 10.1 Å². The van der Waals surface area contributed by atoms with Gasteiger partial charge < -0.3 is 5.32 Å². The van der Waals surface area contributed by atoms with Crippen molar-refractivity contribution in [3.05, 3.63) is 48.0 Å². The van der Waals surface area contributed by atoms with Crippen LogP contribution >= 0.6 is 0 Å². The van der Waals surface area contributed by atoms with Crippen LogP contribution in [0, 0.1) is 5.41 Å². The van der Waals surface area contributed by atoms with E-state index >= 15 is 0 Å². The van der Waals surface area contributed by atoms with E-state index in [-0.39, 0.29) is 17.2 Å². The fourth-order valence-electron chi connectivity index (χ4n) is 1.85. The number of hydrogen-bond donors (Lipinski definition) is 2. The second-order valence-corrected chi connectivity index (χ2v) is 7.78. The summed E-state index contributed by atoms with van der Waals surface area (Å²) in [4.78, 5) is 0. The van der Waals surface area contributed by atoms with E-state index in [0.717, 1.165) is 5.56 Å². The summed E-state index contributed by atoms with van der Waals surface area (Å²) in [5, 5.41) is 3.32. The van der Waals surface area contributed by atoms with E-state index in [1.165, 1.54) is 0 Å². The molecule has 1 atom stereocenters. The van der Waals surface area contributed by atoms with Crippen LogP contribution in [0.5, 0.6) is 0 Å². The van der Waals surface area contributed by atoms with Crippen LogP contribution in [0.2, 0.25) is 0 Å². The average molecular weight is 311 g/mol. The van der Waals surface area contributed by atoms with Gasteiger partial charge in [-0.2, -0.15) is 8.42 Å². The lowest BCUT2D eigenvalue weighted by Crippen LogP contribution is -2.23. The van der Waals surface area contributed by atoms with Gasteiger partial charge in [0.2, 0.25) is 0 Å². The van der Waals surface area contributed by atoms with Crippen molar-refractivity contribution in [1.29, 1.82) is 0 Å². The van der Waals surface area contributed by atoms with Gasteiger partial charge in [0.05, 0.1) is 11.8 Å². The fourth-order valence-corrected chi connectivity index (χ4v) is 2.36. The van der Waals surface area contributed by atoms with Gasteiger partial charge in [0.25, 0.3) is 10.1 Å². The third kappa shape index (κ3) is 8.65. The molecule has 0 fully saturated rings. The molecular formula is C16H25NO3S. The summed E-state index contributed by atoms with van der Waals surface area (Å²) in [6.07, 6.45) is 4.62.